The van der Waals surface area contributed by atoms with E-state index in [2.05, 4.69) is 5.32 Å². The number of hydrogen-bond donors (Lipinski definition) is 1. The van der Waals surface area contributed by atoms with E-state index in [1.807, 2.05) is 7.05 Å². The lowest BCUT2D eigenvalue weighted by atomic mass is 10.2. The lowest BCUT2D eigenvalue weighted by molar-refractivity contribution is -0.284. The zero-order chi connectivity index (χ0) is 14.9. The quantitative estimate of drug-likeness (QED) is 0.382. The molecule has 0 saturated carbocycles. The summed E-state index contributed by atoms with van der Waals surface area (Å²) in [6.45, 7) is 0.852. The van der Waals surface area contributed by atoms with Crippen LogP contribution < -0.4 is 5.32 Å². The molecule has 8 heteroatoms. The summed E-state index contributed by atoms with van der Waals surface area (Å²) in [5.74, 6) is -4.41. The van der Waals surface area contributed by atoms with Crippen molar-refractivity contribution in [1.29, 1.82) is 0 Å². The molecule has 0 saturated heterocycles. The summed E-state index contributed by atoms with van der Waals surface area (Å²) in [6.07, 6.45) is -4.69. The first-order valence-electron chi connectivity index (χ1n) is 6.15. The smallest absolute Gasteiger partial charge is 0.453 e. The molecule has 0 radical (unpaired) electrons. The molecule has 2 nitrogen and oxygen atoms in total. The minimum Gasteiger partial charge on any atom is -0.616 e. The summed E-state index contributed by atoms with van der Waals surface area (Å²) in [5, 5.41) is 2.96. The van der Waals surface area contributed by atoms with Crippen LogP contribution >= 0.6 is 0 Å². The monoisotopic (exact) mass is 309 g/mol. The number of rotatable bonds is 10. The molecule has 0 aliphatic rings. The number of nitrogens with one attached hydrogen (secondary N) is 1. The first kappa shape index (κ1) is 18.9. The van der Waals surface area contributed by atoms with Gasteiger partial charge in [0.1, 0.15) is 11.5 Å². The first-order valence-corrected chi connectivity index (χ1v) is 7.63. The highest BCUT2D eigenvalue weighted by Crippen LogP contribution is 2.38. The van der Waals surface area contributed by atoms with E-state index in [0.29, 0.717) is 12.2 Å². The van der Waals surface area contributed by atoms with Crippen molar-refractivity contribution in [3.63, 3.8) is 0 Å². The van der Waals surface area contributed by atoms with Crippen molar-refractivity contribution >= 4 is 11.2 Å². The van der Waals surface area contributed by atoms with Gasteiger partial charge in [-0.25, -0.2) is 0 Å². The second-order valence-corrected chi connectivity index (χ2v) is 6.01. The molecular formula is C11H20F5NOS. The maximum atomic E-state index is 12.5. The number of halogens is 5. The Morgan fingerprint density at radius 3 is 2.05 bits per heavy atom. The Morgan fingerprint density at radius 1 is 0.947 bits per heavy atom. The Labute approximate surface area is 113 Å². The fourth-order valence-corrected chi connectivity index (χ4v) is 2.64. The summed E-state index contributed by atoms with van der Waals surface area (Å²) in [6, 6.07) is 0. The normalized spacial score (nSPS) is 14.7. The molecule has 116 valence electrons. The largest absolute Gasteiger partial charge is 0.616 e. The van der Waals surface area contributed by atoms with Crippen LogP contribution in [0.5, 0.6) is 0 Å². The summed E-state index contributed by atoms with van der Waals surface area (Å²) in [7, 11) is 1.82. The Kier molecular flexibility index (Phi) is 8.93. The van der Waals surface area contributed by atoms with Crippen LogP contribution in [-0.2, 0) is 11.2 Å². The Morgan fingerprint density at radius 2 is 1.53 bits per heavy atom. The highest BCUT2D eigenvalue weighted by molar-refractivity contribution is 7.91. The molecule has 1 atom stereocenters. The van der Waals surface area contributed by atoms with Gasteiger partial charge in [-0.3, -0.25) is 0 Å². The molecule has 0 aromatic carbocycles. The van der Waals surface area contributed by atoms with E-state index in [1.165, 1.54) is 0 Å². The minimum atomic E-state index is -5.51. The van der Waals surface area contributed by atoms with Crippen molar-refractivity contribution in [2.45, 2.75) is 44.2 Å². The van der Waals surface area contributed by atoms with E-state index in [1.54, 1.807) is 0 Å². The van der Waals surface area contributed by atoms with Gasteiger partial charge in [0.2, 0.25) is 0 Å². The summed E-state index contributed by atoms with van der Waals surface area (Å²) in [4.78, 5) is 0. The molecule has 0 rings (SSSR count). The van der Waals surface area contributed by atoms with Gasteiger partial charge < -0.3 is 9.87 Å². The molecule has 0 aromatic rings. The maximum absolute atomic E-state index is 12.5. The van der Waals surface area contributed by atoms with Crippen LogP contribution in [0.4, 0.5) is 22.0 Å². The second-order valence-electron chi connectivity index (χ2n) is 4.32. The van der Waals surface area contributed by atoms with Crippen LogP contribution in [-0.4, -0.2) is 41.7 Å². The topological polar surface area (TPSA) is 35.1 Å². The van der Waals surface area contributed by atoms with Gasteiger partial charge in [-0.05, 0) is 39.3 Å². The lowest BCUT2D eigenvalue weighted by Gasteiger charge is -2.19. The van der Waals surface area contributed by atoms with Crippen LogP contribution in [0.1, 0.15) is 32.1 Å². The second kappa shape index (κ2) is 8.97. The fraction of sp³-hybridized carbons (Fsp3) is 1.00. The van der Waals surface area contributed by atoms with E-state index in [9.17, 15) is 26.5 Å². The van der Waals surface area contributed by atoms with E-state index < -0.39 is 29.7 Å². The van der Waals surface area contributed by atoms with E-state index in [0.717, 1.165) is 19.4 Å². The summed E-state index contributed by atoms with van der Waals surface area (Å²) >= 11 is -1.31. The Balaban J connectivity index is 3.66. The molecular weight excluding hydrogens is 289 g/mol. The molecule has 0 spiro atoms. The molecule has 0 aliphatic carbocycles. The molecule has 1 unspecified atom stereocenters. The van der Waals surface area contributed by atoms with Crippen molar-refractivity contribution in [1.82, 2.24) is 5.32 Å². The van der Waals surface area contributed by atoms with Gasteiger partial charge in [-0.2, -0.15) is 22.0 Å². The van der Waals surface area contributed by atoms with Gasteiger partial charge in [0.05, 0.1) is 0 Å². The van der Waals surface area contributed by atoms with Crippen molar-refractivity contribution in [3.05, 3.63) is 0 Å². The van der Waals surface area contributed by atoms with E-state index in [-0.39, 0.29) is 12.2 Å². The van der Waals surface area contributed by atoms with Gasteiger partial charge in [0.15, 0.2) is 0 Å². The fourth-order valence-electron chi connectivity index (χ4n) is 1.44. The average molecular weight is 309 g/mol. The molecule has 0 heterocycles. The predicted octanol–water partition coefficient (Wildman–Crippen LogP) is 3.10. The van der Waals surface area contributed by atoms with Crippen LogP contribution in [0.15, 0.2) is 0 Å². The number of hydrogen-bond acceptors (Lipinski definition) is 2. The molecule has 1 N–H and O–H groups in total. The highest BCUT2D eigenvalue weighted by atomic mass is 32.2. The zero-order valence-electron chi connectivity index (χ0n) is 10.9. The third kappa shape index (κ3) is 8.65. The van der Waals surface area contributed by atoms with Crippen molar-refractivity contribution in [2.75, 3.05) is 25.1 Å². The summed E-state index contributed by atoms with van der Waals surface area (Å²) < 4.78 is 72.0. The molecule has 0 aromatic heterocycles. The van der Waals surface area contributed by atoms with Crippen LogP contribution in [0.3, 0.4) is 0 Å². The Hall–Kier alpha value is -0.0800. The molecule has 0 aliphatic heterocycles. The van der Waals surface area contributed by atoms with Gasteiger partial charge >= 0.3 is 12.1 Å². The van der Waals surface area contributed by atoms with E-state index in [4.69, 9.17) is 0 Å². The third-order valence-corrected chi connectivity index (χ3v) is 4.06. The first-order chi connectivity index (χ1) is 8.70. The molecule has 19 heavy (non-hydrogen) atoms. The lowest BCUT2D eigenvalue weighted by Crippen LogP contribution is -2.36. The van der Waals surface area contributed by atoms with Gasteiger partial charge in [-0.1, -0.05) is 11.2 Å². The Bertz CT molecular complexity index is 238. The SMILES string of the molecule is CNCCCCC[S+]([O-])CCCC(F)(F)C(F)(F)F. The third-order valence-electron chi connectivity index (χ3n) is 2.58. The zero-order valence-corrected chi connectivity index (χ0v) is 11.7. The highest BCUT2D eigenvalue weighted by Gasteiger charge is 2.56. The number of unbranched alkanes of at least 4 members (excludes halogenated alkanes) is 2. The van der Waals surface area contributed by atoms with Gasteiger partial charge in [0, 0.05) is 6.42 Å². The standard InChI is InChI=1S/C11H20F5NOS/c1-17-7-3-2-4-8-19(18)9-5-6-10(12,13)11(14,15)16/h17H,2-9H2,1H3. The maximum Gasteiger partial charge on any atom is 0.453 e. The van der Waals surface area contributed by atoms with Crippen molar-refractivity contribution < 1.29 is 26.5 Å². The van der Waals surface area contributed by atoms with Crippen LogP contribution in [0.25, 0.3) is 0 Å². The molecule has 0 bridgehead atoms. The van der Waals surface area contributed by atoms with Crippen LogP contribution in [0, 0.1) is 0 Å². The van der Waals surface area contributed by atoms with Gasteiger partial charge in [0.25, 0.3) is 0 Å². The molecule has 0 fully saturated rings. The van der Waals surface area contributed by atoms with E-state index >= 15 is 0 Å². The minimum absolute atomic E-state index is 0.0995. The van der Waals surface area contributed by atoms with Gasteiger partial charge in [-0.15, -0.1) is 0 Å². The average Bonchev–Trinajstić information content (AvgIpc) is 2.27. The predicted molar refractivity (Wildman–Crippen MR) is 65.9 cm³/mol. The van der Waals surface area contributed by atoms with Crippen molar-refractivity contribution in [2.24, 2.45) is 0 Å². The summed E-state index contributed by atoms with van der Waals surface area (Å²) in [5.41, 5.74) is 0. The number of alkyl halides is 5. The van der Waals surface area contributed by atoms with Crippen molar-refractivity contribution in [3.8, 4) is 0 Å². The van der Waals surface area contributed by atoms with Crippen LogP contribution in [0.2, 0.25) is 0 Å². The molecule has 0 amide bonds.